The summed E-state index contributed by atoms with van der Waals surface area (Å²) < 4.78 is 53.1. The van der Waals surface area contributed by atoms with E-state index in [-0.39, 0.29) is 25.4 Å². The summed E-state index contributed by atoms with van der Waals surface area (Å²) in [4.78, 5) is 14.0. The highest BCUT2D eigenvalue weighted by Gasteiger charge is 2.49. The predicted octanol–water partition coefficient (Wildman–Crippen LogP) is 3.11. The van der Waals surface area contributed by atoms with Crippen LogP contribution in [0, 0.1) is 11.7 Å². The molecule has 10 heteroatoms. The Balaban J connectivity index is 1.70. The molecule has 2 unspecified atom stereocenters. The molecule has 1 aliphatic rings. The molecule has 0 amide bonds. The SMILES string of the molecule is CNc1ncc(CN2CC(Cc3ncc(F)cn3)CC2C(F)(F)F)s1. The molecule has 3 rings (SSSR count). The Hall–Kier alpha value is -1.81. The van der Waals surface area contributed by atoms with Crippen molar-refractivity contribution < 1.29 is 17.6 Å². The van der Waals surface area contributed by atoms with Crippen LogP contribution in [-0.4, -0.2) is 45.7 Å². The Kier molecular flexibility index (Phi) is 5.19. The first-order chi connectivity index (χ1) is 11.8. The molecule has 2 aromatic heterocycles. The number of nitrogens with one attached hydrogen (secondary N) is 1. The highest BCUT2D eigenvalue weighted by molar-refractivity contribution is 7.15. The number of hydrogen-bond donors (Lipinski definition) is 1. The fraction of sp³-hybridized carbons (Fsp3) is 0.533. The van der Waals surface area contributed by atoms with Crippen molar-refractivity contribution in [2.45, 2.75) is 31.6 Å². The van der Waals surface area contributed by atoms with E-state index in [1.165, 1.54) is 16.2 Å². The molecular weight excluding hydrogens is 358 g/mol. The van der Waals surface area contributed by atoms with Gasteiger partial charge in [0.2, 0.25) is 0 Å². The Morgan fingerprint density at radius 2 is 1.96 bits per heavy atom. The lowest BCUT2D eigenvalue weighted by molar-refractivity contribution is -0.177. The van der Waals surface area contributed by atoms with Crippen LogP contribution in [0.1, 0.15) is 17.1 Å². The van der Waals surface area contributed by atoms with Gasteiger partial charge in [0.05, 0.1) is 12.4 Å². The molecular formula is C15H17F4N5S. The van der Waals surface area contributed by atoms with Gasteiger partial charge in [-0.1, -0.05) is 0 Å². The van der Waals surface area contributed by atoms with Crippen molar-refractivity contribution in [2.24, 2.45) is 5.92 Å². The molecule has 0 saturated carbocycles. The van der Waals surface area contributed by atoms with E-state index in [1.807, 2.05) is 0 Å². The fourth-order valence-corrected chi connectivity index (χ4v) is 3.85. The van der Waals surface area contributed by atoms with Crippen LogP contribution < -0.4 is 5.32 Å². The topological polar surface area (TPSA) is 53.9 Å². The van der Waals surface area contributed by atoms with E-state index in [0.29, 0.717) is 17.4 Å². The quantitative estimate of drug-likeness (QED) is 0.814. The summed E-state index contributed by atoms with van der Waals surface area (Å²) in [7, 11) is 1.72. The van der Waals surface area contributed by atoms with E-state index in [1.54, 1.807) is 13.2 Å². The third kappa shape index (κ3) is 4.43. The van der Waals surface area contributed by atoms with Crippen molar-refractivity contribution in [1.29, 1.82) is 0 Å². The molecule has 2 aromatic rings. The van der Waals surface area contributed by atoms with Gasteiger partial charge in [0.15, 0.2) is 10.9 Å². The monoisotopic (exact) mass is 375 g/mol. The molecule has 3 heterocycles. The number of alkyl halides is 3. The number of thiazole rings is 1. The van der Waals surface area contributed by atoms with Crippen molar-refractivity contribution in [3.8, 4) is 0 Å². The Labute approximate surface area is 146 Å². The average molecular weight is 375 g/mol. The van der Waals surface area contributed by atoms with Crippen molar-refractivity contribution in [1.82, 2.24) is 19.9 Å². The van der Waals surface area contributed by atoms with Gasteiger partial charge in [-0.05, 0) is 12.3 Å². The van der Waals surface area contributed by atoms with Gasteiger partial charge in [-0.25, -0.2) is 19.3 Å². The lowest BCUT2D eigenvalue weighted by atomic mass is 10.0. The second-order valence-electron chi connectivity index (χ2n) is 5.99. The lowest BCUT2D eigenvalue weighted by Crippen LogP contribution is -2.40. The molecule has 1 aliphatic heterocycles. The molecule has 0 bridgehead atoms. The molecule has 5 nitrogen and oxygen atoms in total. The number of hydrogen-bond acceptors (Lipinski definition) is 6. The van der Waals surface area contributed by atoms with Crippen LogP contribution in [0.2, 0.25) is 0 Å². The van der Waals surface area contributed by atoms with Crippen LogP contribution >= 0.6 is 11.3 Å². The standard InChI is InChI=1S/C15H17F4N5S/c1-20-14-23-6-11(25-14)8-24-7-9(2-12(24)15(17,18)19)3-13-21-4-10(16)5-22-13/h4-6,9,12H,2-3,7-8H2,1H3,(H,20,23). The van der Waals surface area contributed by atoms with Crippen LogP contribution in [0.4, 0.5) is 22.7 Å². The molecule has 136 valence electrons. The molecule has 0 radical (unpaired) electrons. The number of aromatic nitrogens is 3. The lowest BCUT2D eigenvalue weighted by Gasteiger charge is -2.25. The van der Waals surface area contributed by atoms with Gasteiger partial charge in [0, 0.05) is 37.6 Å². The van der Waals surface area contributed by atoms with Gasteiger partial charge < -0.3 is 5.32 Å². The Bertz CT molecular complexity index is 703. The van der Waals surface area contributed by atoms with Gasteiger partial charge in [-0.15, -0.1) is 11.3 Å². The van der Waals surface area contributed by atoms with E-state index in [4.69, 9.17) is 0 Å². The minimum atomic E-state index is -4.30. The average Bonchev–Trinajstić information content (AvgIpc) is 3.16. The minimum Gasteiger partial charge on any atom is -0.365 e. The first-order valence-electron chi connectivity index (χ1n) is 7.75. The van der Waals surface area contributed by atoms with Crippen LogP contribution in [0.25, 0.3) is 0 Å². The maximum atomic E-state index is 13.4. The van der Waals surface area contributed by atoms with Crippen molar-refractivity contribution >= 4 is 16.5 Å². The first kappa shape index (κ1) is 18.0. The van der Waals surface area contributed by atoms with E-state index in [2.05, 4.69) is 20.3 Å². The van der Waals surface area contributed by atoms with Crippen molar-refractivity contribution in [3.63, 3.8) is 0 Å². The van der Waals surface area contributed by atoms with Gasteiger partial charge in [0.1, 0.15) is 11.9 Å². The summed E-state index contributed by atoms with van der Waals surface area (Å²) in [5, 5.41) is 3.55. The molecule has 0 aromatic carbocycles. The highest BCUT2D eigenvalue weighted by Crippen LogP contribution is 2.37. The van der Waals surface area contributed by atoms with Gasteiger partial charge >= 0.3 is 6.18 Å². The van der Waals surface area contributed by atoms with Gasteiger partial charge in [-0.2, -0.15) is 13.2 Å². The normalized spacial score (nSPS) is 21.6. The summed E-state index contributed by atoms with van der Waals surface area (Å²) in [6.45, 7) is 0.488. The van der Waals surface area contributed by atoms with Crippen LogP contribution in [0.15, 0.2) is 18.6 Å². The molecule has 2 atom stereocenters. The summed E-state index contributed by atoms with van der Waals surface area (Å²) >= 11 is 1.34. The molecule has 1 N–H and O–H groups in total. The summed E-state index contributed by atoms with van der Waals surface area (Å²) in [5.74, 6) is -0.422. The van der Waals surface area contributed by atoms with Gasteiger partial charge in [0.25, 0.3) is 0 Å². The fourth-order valence-electron chi connectivity index (χ4n) is 3.06. The summed E-state index contributed by atoms with van der Waals surface area (Å²) in [6.07, 6.45) is -0.342. The molecule has 0 aliphatic carbocycles. The number of anilines is 1. The zero-order chi connectivity index (χ0) is 18.0. The van der Waals surface area contributed by atoms with E-state index >= 15 is 0 Å². The summed E-state index contributed by atoms with van der Waals surface area (Å²) in [5.41, 5.74) is 0. The summed E-state index contributed by atoms with van der Waals surface area (Å²) in [6, 6.07) is -1.50. The predicted molar refractivity (Wildman–Crippen MR) is 85.7 cm³/mol. The van der Waals surface area contributed by atoms with Crippen LogP contribution in [0.3, 0.4) is 0 Å². The van der Waals surface area contributed by atoms with E-state index in [9.17, 15) is 17.6 Å². The maximum Gasteiger partial charge on any atom is 0.404 e. The third-order valence-corrected chi connectivity index (χ3v) is 5.14. The van der Waals surface area contributed by atoms with Crippen LogP contribution in [0.5, 0.6) is 0 Å². The van der Waals surface area contributed by atoms with E-state index < -0.39 is 18.0 Å². The van der Waals surface area contributed by atoms with E-state index in [0.717, 1.165) is 17.3 Å². The Morgan fingerprint density at radius 3 is 2.56 bits per heavy atom. The number of nitrogens with zero attached hydrogens (tertiary/aromatic N) is 4. The third-order valence-electron chi connectivity index (χ3n) is 4.14. The number of halogens is 4. The van der Waals surface area contributed by atoms with Crippen molar-refractivity contribution in [2.75, 3.05) is 18.9 Å². The minimum absolute atomic E-state index is 0.0120. The first-order valence-corrected chi connectivity index (χ1v) is 8.56. The maximum absolute atomic E-state index is 13.4. The van der Waals surface area contributed by atoms with Crippen LogP contribution in [-0.2, 0) is 13.0 Å². The molecule has 1 fully saturated rings. The zero-order valence-corrected chi connectivity index (χ0v) is 14.2. The smallest absolute Gasteiger partial charge is 0.365 e. The number of rotatable bonds is 5. The Morgan fingerprint density at radius 1 is 1.24 bits per heavy atom. The molecule has 25 heavy (non-hydrogen) atoms. The van der Waals surface area contributed by atoms with Gasteiger partial charge in [-0.3, -0.25) is 4.90 Å². The second kappa shape index (κ2) is 7.20. The highest BCUT2D eigenvalue weighted by atomic mass is 32.1. The molecule has 0 spiro atoms. The molecule has 1 saturated heterocycles. The second-order valence-corrected chi connectivity index (χ2v) is 7.11. The largest absolute Gasteiger partial charge is 0.404 e. The number of likely N-dealkylation sites (tertiary alicyclic amines) is 1. The zero-order valence-electron chi connectivity index (χ0n) is 13.4. The van der Waals surface area contributed by atoms with Crippen molar-refractivity contribution in [3.05, 3.63) is 35.1 Å².